The highest BCUT2D eigenvalue weighted by Crippen LogP contribution is 2.30. The third-order valence-corrected chi connectivity index (χ3v) is 2.84. The van der Waals surface area contributed by atoms with Gasteiger partial charge in [-0.1, -0.05) is 12.1 Å². The average Bonchev–Trinajstić information content (AvgIpc) is 2.48. The Bertz CT molecular complexity index is 569. The number of methoxy groups -OCH3 is 1. The number of hydrogen-bond donors (Lipinski definition) is 1. The fraction of sp³-hybridized carbons (Fsp3) is 0.250. The lowest BCUT2D eigenvalue weighted by Crippen LogP contribution is -2.00. The summed E-state index contributed by atoms with van der Waals surface area (Å²) in [6, 6.07) is 13.1. The predicted molar refractivity (Wildman–Crippen MR) is 78.6 cm³/mol. The number of ether oxygens (including phenoxy) is 3. The first-order valence-corrected chi connectivity index (χ1v) is 6.54. The van der Waals surface area contributed by atoms with Gasteiger partial charge in [-0.15, -0.1) is 0 Å². The average molecular weight is 273 g/mol. The summed E-state index contributed by atoms with van der Waals surface area (Å²) in [5.41, 5.74) is 6.65. The Kier molecular flexibility index (Phi) is 4.85. The monoisotopic (exact) mass is 273 g/mol. The Morgan fingerprint density at radius 3 is 2.50 bits per heavy atom. The fourth-order valence-corrected chi connectivity index (χ4v) is 1.85. The maximum atomic E-state index is 5.89. The molecule has 0 aliphatic heterocycles. The second-order valence-electron chi connectivity index (χ2n) is 4.19. The van der Waals surface area contributed by atoms with Gasteiger partial charge >= 0.3 is 0 Å². The predicted octanol–water partition coefficient (Wildman–Crippen LogP) is 3.34. The summed E-state index contributed by atoms with van der Waals surface area (Å²) in [5.74, 6) is 2.92. The van der Waals surface area contributed by atoms with Gasteiger partial charge in [0.25, 0.3) is 0 Å². The van der Waals surface area contributed by atoms with E-state index in [1.54, 1.807) is 7.11 Å². The van der Waals surface area contributed by atoms with Crippen LogP contribution in [0.4, 0.5) is 0 Å². The van der Waals surface area contributed by atoms with Crippen LogP contribution < -0.4 is 19.9 Å². The first-order chi connectivity index (χ1) is 9.76. The second-order valence-corrected chi connectivity index (χ2v) is 4.19. The number of hydrogen-bond acceptors (Lipinski definition) is 4. The van der Waals surface area contributed by atoms with Crippen LogP contribution in [0.25, 0.3) is 0 Å². The number of rotatable bonds is 6. The van der Waals surface area contributed by atoms with Gasteiger partial charge in [0.1, 0.15) is 23.0 Å². The quantitative estimate of drug-likeness (QED) is 0.877. The van der Waals surface area contributed by atoms with E-state index in [-0.39, 0.29) is 0 Å². The van der Waals surface area contributed by atoms with Crippen LogP contribution in [-0.2, 0) is 6.54 Å². The van der Waals surface area contributed by atoms with E-state index < -0.39 is 0 Å². The summed E-state index contributed by atoms with van der Waals surface area (Å²) in [6.45, 7) is 2.98. The molecule has 0 aliphatic carbocycles. The van der Waals surface area contributed by atoms with Gasteiger partial charge in [-0.05, 0) is 25.1 Å². The lowest BCUT2D eigenvalue weighted by Gasteiger charge is -2.12. The van der Waals surface area contributed by atoms with Crippen molar-refractivity contribution in [2.24, 2.45) is 5.73 Å². The van der Waals surface area contributed by atoms with E-state index in [9.17, 15) is 0 Å². The summed E-state index contributed by atoms with van der Waals surface area (Å²) in [7, 11) is 1.62. The minimum atomic E-state index is 0.407. The topological polar surface area (TPSA) is 53.7 Å². The van der Waals surface area contributed by atoms with Gasteiger partial charge < -0.3 is 19.9 Å². The Balaban J connectivity index is 2.26. The van der Waals surface area contributed by atoms with Crippen molar-refractivity contribution in [2.75, 3.05) is 13.7 Å². The van der Waals surface area contributed by atoms with Crippen LogP contribution in [0.2, 0.25) is 0 Å². The van der Waals surface area contributed by atoms with Crippen molar-refractivity contribution >= 4 is 0 Å². The van der Waals surface area contributed by atoms with Crippen LogP contribution in [0.5, 0.6) is 23.0 Å². The molecule has 0 aliphatic rings. The molecule has 4 heteroatoms. The smallest absolute Gasteiger partial charge is 0.135 e. The van der Waals surface area contributed by atoms with E-state index in [0.29, 0.717) is 24.7 Å². The third kappa shape index (κ3) is 3.42. The van der Waals surface area contributed by atoms with Crippen LogP contribution in [0.15, 0.2) is 42.5 Å². The summed E-state index contributed by atoms with van der Waals surface area (Å²) in [5, 5.41) is 0. The molecule has 0 saturated heterocycles. The van der Waals surface area contributed by atoms with Gasteiger partial charge in [-0.3, -0.25) is 0 Å². The highest BCUT2D eigenvalue weighted by Gasteiger charge is 2.07. The standard InChI is InChI=1S/C16H19NO3/c1-3-19-14-5-4-6-15(9-14)20-16-10-13(18-2)8-7-12(16)11-17/h4-10H,3,11,17H2,1-2H3. The molecule has 2 aromatic carbocycles. The zero-order chi connectivity index (χ0) is 14.4. The maximum absolute atomic E-state index is 5.89. The molecular weight excluding hydrogens is 254 g/mol. The molecule has 0 unspecified atom stereocenters. The maximum Gasteiger partial charge on any atom is 0.135 e. The van der Waals surface area contributed by atoms with Gasteiger partial charge in [0.15, 0.2) is 0 Å². The lowest BCUT2D eigenvalue weighted by atomic mass is 10.2. The molecule has 2 rings (SSSR count). The molecule has 20 heavy (non-hydrogen) atoms. The first-order valence-electron chi connectivity index (χ1n) is 6.54. The van der Waals surface area contributed by atoms with Crippen LogP contribution in [0, 0.1) is 0 Å². The molecule has 0 bridgehead atoms. The summed E-state index contributed by atoms with van der Waals surface area (Å²) < 4.78 is 16.6. The molecule has 0 saturated carbocycles. The van der Waals surface area contributed by atoms with Crippen molar-refractivity contribution < 1.29 is 14.2 Å². The van der Waals surface area contributed by atoms with E-state index in [0.717, 1.165) is 17.1 Å². The highest BCUT2D eigenvalue weighted by molar-refractivity contribution is 5.44. The molecule has 2 aromatic rings. The van der Waals surface area contributed by atoms with E-state index >= 15 is 0 Å². The van der Waals surface area contributed by atoms with Gasteiger partial charge in [0.2, 0.25) is 0 Å². The van der Waals surface area contributed by atoms with Crippen molar-refractivity contribution in [2.45, 2.75) is 13.5 Å². The minimum absolute atomic E-state index is 0.407. The largest absolute Gasteiger partial charge is 0.497 e. The summed E-state index contributed by atoms with van der Waals surface area (Å²) in [6.07, 6.45) is 0. The van der Waals surface area contributed by atoms with E-state index in [1.165, 1.54) is 0 Å². The van der Waals surface area contributed by atoms with Gasteiger partial charge in [0, 0.05) is 24.2 Å². The molecule has 0 fully saturated rings. The van der Waals surface area contributed by atoms with E-state index in [2.05, 4.69) is 0 Å². The Morgan fingerprint density at radius 1 is 1.00 bits per heavy atom. The van der Waals surface area contributed by atoms with Crippen molar-refractivity contribution in [1.82, 2.24) is 0 Å². The summed E-state index contributed by atoms with van der Waals surface area (Å²) in [4.78, 5) is 0. The van der Waals surface area contributed by atoms with Gasteiger partial charge in [-0.25, -0.2) is 0 Å². The fourth-order valence-electron chi connectivity index (χ4n) is 1.85. The molecule has 0 radical (unpaired) electrons. The Labute approximate surface area is 119 Å². The van der Waals surface area contributed by atoms with E-state index in [1.807, 2.05) is 49.4 Å². The van der Waals surface area contributed by atoms with Crippen LogP contribution >= 0.6 is 0 Å². The SMILES string of the molecule is CCOc1cccc(Oc2cc(OC)ccc2CN)c1. The van der Waals surface area contributed by atoms with Crippen molar-refractivity contribution in [1.29, 1.82) is 0 Å². The van der Waals surface area contributed by atoms with Crippen molar-refractivity contribution in [3.05, 3.63) is 48.0 Å². The van der Waals surface area contributed by atoms with Crippen LogP contribution in [-0.4, -0.2) is 13.7 Å². The Morgan fingerprint density at radius 2 is 1.80 bits per heavy atom. The molecule has 0 heterocycles. The van der Waals surface area contributed by atoms with Crippen molar-refractivity contribution in [3.8, 4) is 23.0 Å². The molecular formula is C16H19NO3. The number of benzene rings is 2. The normalized spacial score (nSPS) is 10.2. The Hall–Kier alpha value is -2.20. The molecule has 4 nitrogen and oxygen atoms in total. The van der Waals surface area contributed by atoms with Gasteiger partial charge in [-0.2, -0.15) is 0 Å². The highest BCUT2D eigenvalue weighted by atomic mass is 16.5. The third-order valence-electron chi connectivity index (χ3n) is 2.84. The van der Waals surface area contributed by atoms with E-state index in [4.69, 9.17) is 19.9 Å². The molecule has 0 amide bonds. The zero-order valence-electron chi connectivity index (χ0n) is 11.8. The van der Waals surface area contributed by atoms with Crippen molar-refractivity contribution in [3.63, 3.8) is 0 Å². The second kappa shape index (κ2) is 6.82. The number of nitrogens with two attached hydrogens (primary N) is 1. The first kappa shape index (κ1) is 14.2. The molecule has 0 aromatic heterocycles. The summed E-state index contributed by atoms with van der Waals surface area (Å²) >= 11 is 0. The molecule has 106 valence electrons. The lowest BCUT2D eigenvalue weighted by molar-refractivity contribution is 0.338. The minimum Gasteiger partial charge on any atom is -0.497 e. The zero-order valence-corrected chi connectivity index (χ0v) is 11.8. The molecule has 0 spiro atoms. The molecule has 0 atom stereocenters. The van der Waals surface area contributed by atoms with Crippen LogP contribution in [0.1, 0.15) is 12.5 Å². The van der Waals surface area contributed by atoms with Crippen LogP contribution in [0.3, 0.4) is 0 Å². The molecule has 2 N–H and O–H groups in total. The van der Waals surface area contributed by atoms with Gasteiger partial charge in [0.05, 0.1) is 13.7 Å².